The first-order valence-electron chi connectivity index (χ1n) is 3.91. The van der Waals surface area contributed by atoms with Gasteiger partial charge in [-0.1, -0.05) is 0 Å². The molecule has 2 N–H and O–H groups in total. The van der Waals surface area contributed by atoms with Crippen LogP contribution in [-0.4, -0.2) is 23.3 Å². The predicted molar refractivity (Wildman–Crippen MR) is 51.3 cm³/mol. The van der Waals surface area contributed by atoms with Crippen molar-refractivity contribution in [3.8, 4) is 11.5 Å². The maximum atomic E-state index is 10.2. The molecule has 0 aliphatic heterocycles. The summed E-state index contributed by atoms with van der Waals surface area (Å²) in [5, 5.41) is 17.6. The summed E-state index contributed by atoms with van der Waals surface area (Å²) < 4.78 is 4.90. The molecule has 0 saturated heterocycles. The van der Waals surface area contributed by atoms with Crippen molar-refractivity contribution < 1.29 is 19.7 Å². The molecule has 1 aromatic carbocycles. The van der Waals surface area contributed by atoms with E-state index in [1.165, 1.54) is 25.3 Å². The number of hydrogen-bond donors (Lipinski definition) is 2. The molecule has 0 unspecified atom stereocenters. The van der Waals surface area contributed by atoms with Crippen LogP contribution in [0.2, 0.25) is 0 Å². The van der Waals surface area contributed by atoms with Crippen LogP contribution in [-0.2, 0) is 4.79 Å². The zero-order valence-electron chi connectivity index (χ0n) is 7.60. The number of phenols is 1. The monoisotopic (exact) mass is 194 g/mol. The molecular formula is C10H10O4. The van der Waals surface area contributed by atoms with Gasteiger partial charge in [-0.2, -0.15) is 0 Å². The molecule has 0 amide bonds. The summed E-state index contributed by atoms with van der Waals surface area (Å²) in [6, 6.07) is 4.51. The summed E-state index contributed by atoms with van der Waals surface area (Å²) in [6.45, 7) is 0. The molecule has 1 aromatic rings. The number of hydrogen-bond acceptors (Lipinski definition) is 3. The van der Waals surface area contributed by atoms with E-state index in [1.807, 2.05) is 0 Å². The van der Waals surface area contributed by atoms with Crippen LogP contribution in [0.3, 0.4) is 0 Å². The fourth-order valence-electron chi connectivity index (χ4n) is 0.987. The SMILES string of the molecule is COc1cc(O)cc(/C=C/C(=O)O)c1. The first-order chi connectivity index (χ1) is 6.61. The quantitative estimate of drug-likeness (QED) is 0.715. The van der Waals surface area contributed by atoms with Crippen molar-refractivity contribution in [3.63, 3.8) is 0 Å². The highest BCUT2D eigenvalue weighted by atomic mass is 16.5. The summed E-state index contributed by atoms with van der Waals surface area (Å²) in [5.74, 6) is -0.517. The Morgan fingerprint density at radius 2 is 2.14 bits per heavy atom. The van der Waals surface area contributed by atoms with Crippen LogP contribution in [0.1, 0.15) is 5.56 Å². The zero-order chi connectivity index (χ0) is 10.6. The smallest absolute Gasteiger partial charge is 0.328 e. The number of carbonyl (C=O) groups is 1. The fraction of sp³-hybridized carbons (Fsp3) is 0.100. The number of benzene rings is 1. The van der Waals surface area contributed by atoms with Gasteiger partial charge in [0.1, 0.15) is 11.5 Å². The third-order valence-corrected chi connectivity index (χ3v) is 1.57. The van der Waals surface area contributed by atoms with E-state index < -0.39 is 5.97 Å². The average molecular weight is 194 g/mol. The Morgan fingerprint density at radius 3 is 2.71 bits per heavy atom. The summed E-state index contributed by atoms with van der Waals surface area (Å²) in [6.07, 6.45) is 2.37. The summed E-state index contributed by atoms with van der Waals surface area (Å²) in [7, 11) is 1.47. The van der Waals surface area contributed by atoms with Gasteiger partial charge in [-0.05, 0) is 23.8 Å². The van der Waals surface area contributed by atoms with Crippen molar-refractivity contribution >= 4 is 12.0 Å². The number of phenolic OH excluding ortho intramolecular Hbond substituents is 1. The molecule has 4 nitrogen and oxygen atoms in total. The van der Waals surface area contributed by atoms with E-state index in [-0.39, 0.29) is 5.75 Å². The molecule has 0 aliphatic carbocycles. The largest absolute Gasteiger partial charge is 0.508 e. The van der Waals surface area contributed by atoms with E-state index in [0.29, 0.717) is 11.3 Å². The third kappa shape index (κ3) is 2.82. The molecule has 0 spiro atoms. The first-order valence-corrected chi connectivity index (χ1v) is 3.91. The van der Waals surface area contributed by atoms with Gasteiger partial charge < -0.3 is 14.9 Å². The second kappa shape index (κ2) is 4.32. The van der Waals surface area contributed by atoms with Crippen molar-refractivity contribution in [2.45, 2.75) is 0 Å². The lowest BCUT2D eigenvalue weighted by Crippen LogP contribution is -1.87. The van der Waals surface area contributed by atoms with Gasteiger partial charge in [-0.3, -0.25) is 0 Å². The normalized spacial score (nSPS) is 10.4. The Bertz CT molecular complexity index is 368. The third-order valence-electron chi connectivity index (χ3n) is 1.57. The maximum Gasteiger partial charge on any atom is 0.328 e. The summed E-state index contributed by atoms with van der Waals surface area (Å²) in [4.78, 5) is 10.2. The molecule has 0 aliphatic rings. The molecule has 0 heterocycles. The van der Waals surface area contributed by atoms with Gasteiger partial charge in [0.2, 0.25) is 0 Å². The number of rotatable bonds is 3. The second-order valence-electron chi connectivity index (χ2n) is 2.64. The van der Waals surface area contributed by atoms with Crippen molar-refractivity contribution in [1.29, 1.82) is 0 Å². The molecular weight excluding hydrogens is 184 g/mol. The second-order valence-corrected chi connectivity index (χ2v) is 2.64. The Labute approximate surface area is 81.1 Å². The van der Waals surface area contributed by atoms with Gasteiger partial charge in [0.25, 0.3) is 0 Å². The molecule has 0 bridgehead atoms. The lowest BCUT2D eigenvalue weighted by atomic mass is 10.2. The Balaban J connectivity index is 2.97. The standard InChI is InChI=1S/C10H10O4/c1-14-9-5-7(2-3-10(12)13)4-8(11)6-9/h2-6,11H,1H3,(H,12,13)/b3-2+. The van der Waals surface area contributed by atoms with Crippen LogP contribution in [0, 0.1) is 0 Å². The number of carboxylic acids is 1. The molecule has 0 saturated carbocycles. The Kier molecular flexibility index (Phi) is 3.12. The van der Waals surface area contributed by atoms with Crippen molar-refractivity contribution in [2.24, 2.45) is 0 Å². The molecule has 0 radical (unpaired) electrons. The Hall–Kier alpha value is -1.97. The van der Waals surface area contributed by atoms with Gasteiger partial charge >= 0.3 is 5.97 Å². The van der Waals surface area contributed by atoms with E-state index in [1.54, 1.807) is 6.07 Å². The van der Waals surface area contributed by atoms with Crippen LogP contribution in [0.5, 0.6) is 11.5 Å². The van der Waals surface area contributed by atoms with Gasteiger partial charge in [0.15, 0.2) is 0 Å². The minimum absolute atomic E-state index is 0.0365. The van der Waals surface area contributed by atoms with Gasteiger partial charge in [-0.25, -0.2) is 4.79 Å². The fourth-order valence-corrected chi connectivity index (χ4v) is 0.987. The zero-order valence-corrected chi connectivity index (χ0v) is 7.60. The summed E-state index contributed by atoms with van der Waals surface area (Å²) >= 11 is 0. The van der Waals surface area contributed by atoms with Crippen molar-refractivity contribution in [1.82, 2.24) is 0 Å². The molecule has 0 fully saturated rings. The van der Waals surface area contributed by atoms with Crippen LogP contribution in [0.15, 0.2) is 24.3 Å². The van der Waals surface area contributed by atoms with Crippen molar-refractivity contribution in [2.75, 3.05) is 7.11 Å². The molecule has 0 aromatic heterocycles. The van der Waals surface area contributed by atoms with E-state index in [2.05, 4.69) is 0 Å². The highest BCUT2D eigenvalue weighted by Crippen LogP contribution is 2.22. The average Bonchev–Trinajstić information content (AvgIpc) is 2.14. The number of carboxylic acid groups (broad SMARTS) is 1. The number of methoxy groups -OCH3 is 1. The minimum Gasteiger partial charge on any atom is -0.508 e. The number of ether oxygens (including phenoxy) is 1. The topological polar surface area (TPSA) is 66.8 Å². The first kappa shape index (κ1) is 10.1. The van der Waals surface area contributed by atoms with Gasteiger partial charge in [0, 0.05) is 12.1 Å². The van der Waals surface area contributed by atoms with Crippen LogP contribution in [0.4, 0.5) is 0 Å². The maximum absolute atomic E-state index is 10.2. The van der Waals surface area contributed by atoms with Crippen LogP contribution >= 0.6 is 0 Å². The van der Waals surface area contributed by atoms with E-state index in [4.69, 9.17) is 9.84 Å². The lowest BCUT2D eigenvalue weighted by molar-refractivity contribution is -0.131. The molecule has 74 valence electrons. The van der Waals surface area contributed by atoms with E-state index >= 15 is 0 Å². The summed E-state index contributed by atoms with van der Waals surface area (Å²) in [5.41, 5.74) is 0.573. The minimum atomic E-state index is -1.03. The number of aromatic hydroxyl groups is 1. The molecule has 4 heteroatoms. The van der Waals surface area contributed by atoms with Crippen LogP contribution < -0.4 is 4.74 Å². The molecule has 1 rings (SSSR count). The van der Waals surface area contributed by atoms with Gasteiger partial charge in [-0.15, -0.1) is 0 Å². The van der Waals surface area contributed by atoms with Crippen LogP contribution in [0.25, 0.3) is 6.08 Å². The number of aliphatic carboxylic acids is 1. The molecule has 14 heavy (non-hydrogen) atoms. The van der Waals surface area contributed by atoms with E-state index in [9.17, 15) is 9.90 Å². The highest BCUT2D eigenvalue weighted by molar-refractivity contribution is 5.85. The Morgan fingerprint density at radius 1 is 1.43 bits per heavy atom. The lowest BCUT2D eigenvalue weighted by Gasteiger charge is -2.01. The highest BCUT2D eigenvalue weighted by Gasteiger charge is 1.97. The van der Waals surface area contributed by atoms with Crippen molar-refractivity contribution in [3.05, 3.63) is 29.8 Å². The van der Waals surface area contributed by atoms with E-state index in [0.717, 1.165) is 6.08 Å². The predicted octanol–water partition coefficient (Wildman–Crippen LogP) is 1.50. The van der Waals surface area contributed by atoms with Gasteiger partial charge in [0.05, 0.1) is 7.11 Å². The molecule has 0 atom stereocenters.